The monoisotopic (exact) mass is 345 g/mol. The summed E-state index contributed by atoms with van der Waals surface area (Å²) >= 11 is 0. The Kier molecular flexibility index (Phi) is 5.71. The molecule has 1 aromatic carbocycles. The Labute approximate surface area is 148 Å². The van der Waals surface area contributed by atoms with Gasteiger partial charge in [-0.3, -0.25) is 9.59 Å². The number of amides is 2. The number of ether oxygens (including phenoxy) is 1. The molecule has 1 aliphatic carbocycles. The van der Waals surface area contributed by atoms with Crippen LogP contribution in [-0.4, -0.2) is 37.6 Å². The number of methoxy groups -OCH3 is 1. The van der Waals surface area contributed by atoms with Crippen LogP contribution < -0.4 is 16.0 Å². The van der Waals surface area contributed by atoms with E-state index in [1.165, 1.54) is 0 Å². The Hall–Kier alpha value is -1.92. The molecule has 25 heavy (non-hydrogen) atoms. The topological polar surface area (TPSA) is 79.5 Å². The highest BCUT2D eigenvalue weighted by molar-refractivity contribution is 5.93. The number of hydrogen-bond donors (Lipinski definition) is 3. The SMILES string of the molecule is COC1(C(=O)NCc2cccc(NC(=O)C3CCC3)c2)CCNCC1. The van der Waals surface area contributed by atoms with Crippen LogP contribution in [0, 0.1) is 5.92 Å². The molecular formula is C19H27N3O3. The van der Waals surface area contributed by atoms with Gasteiger partial charge >= 0.3 is 0 Å². The third-order valence-corrected chi connectivity index (χ3v) is 5.34. The summed E-state index contributed by atoms with van der Waals surface area (Å²) < 4.78 is 5.54. The van der Waals surface area contributed by atoms with E-state index < -0.39 is 5.60 Å². The molecule has 6 nitrogen and oxygen atoms in total. The van der Waals surface area contributed by atoms with E-state index in [0.717, 1.165) is 43.6 Å². The minimum atomic E-state index is -0.735. The van der Waals surface area contributed by atoms with Crippen molar-refractivity contribution in [2.75, 3.05) is 25.5 Å². The van der Waals surface area contributed by atoms with E-state index >= 15 is 0 Å². The number of carbonyl (C=O) groups excluding carboxylic acids is 2. The fourth-order valence-electron chi connectivity index (χ4n) is 3.37. The first-order chi connectivity index (χ1) is 12.1. The largest absolute Gasteiger partial charge is 0.368 e. The van der Waals surface area contributed by atoms with Crippen LogP contribution in [0.5, 0.6) is 0 Å². The molecule has 6 heteroatoms. The first kappa shape index (κ1) is 17.9. The molecule has 2 fully saturated rings. The van der Waals surface area contributed by atoms with E-state index in [0.29, 0.717) is 19.4 Å². The van der Waals surface area contributed by atoms with Crippen LogP contribution in [-0.2, 0) is 20.9 Å². The summed E-state index contributed by atoms with van der Waals surface area (Å²) in [7, 11) is 1.60. The van der Waals surface area contributed by atoms with Crippen molar-refractivity contribution in [3.63, 3.8) is 0 Å². The van der Waals surface area contributed by atoms with Crippen molar-refractivity contribution in [3.05, 3.63) is 29.8 Å². The van der Waals surface area contributed by atoms with Gasteiger partial charge in [-0.25, -0.2) is 0 Å². The summed E-state index contributed by atoms with van der Waals surface area (Å²) in [4.78, 5) is 24.6. The molecule has 0 unspecified atom stereocenters. The first-order valence-electron chi connectivity index (χ1n) is 9.07. The molecule has 1 heterocycles. The number of piperidine rings is 1. The zero-order valence-electron chi connectivity index (χ0n) is 14.8. The molecule has 1 aliphatic heterocycles. The number of carbonyl (C=O) groups is 2. The van der Waals surface area contributed by atoms with Gasteiger partial charge in [0.05, 0.1) is 0 Å². The molecule has 2 aliphatic rings. The minimum absolute atomic E-state index is 0.0691. The number of benzene rings is 1. The lowest BCUT2D eigenvalue weighted by atomic mass is 9.85. The molecule has 3 rings (SSSR count). The van der Waals surface area contributed by atoms with Gasteiger partial charge in [0, 0.05) is 25.3 Å². The average molecular weight is 345 g/mol. The fourth-order valence-corrected chi connectivity index (χ4v) is 3.37. The normalized spacial score (nSPS) is 19.7. The van der Waals surface area contributed by atoms with E-state index in [-0.39, 0.29) is 17.7 Å². The van der Waals surface area contributed by atoms with Crippen LogP contribution in [0.15, 0.2) is 24.3 Å². The maximum absolute atomic E-state index is 12.6. The van der Waals surface area contributed by atoms with Gasteiger partial charge in [-0.2, -0.15) is 0 Å². The van der Waals surface area contributed by atoms with E-state index in [2.05, 4.69) is 16.0 Å². The lowest BCUT2D eigenvalue weighted by molar-refractivity contribution is -0.146. The second-order valence-electron chi connectivity index (χ2n) is 6.95. The predicted octanol–water partition coefficient (Wildman–Crippen LogP) is 1.81. The zero-order chi connectivity index (χ0) is 17.7. The average Bonchev–Trinajstić information content (AvgIpc) is 2.59. The molecule has 0 bridgehead atoms. The van der Waals surface area contributed by atoms with Gasteiger partial charge in [0.1, 0.15) is 5.60 Å². The van der Waals surface area contributed by atoms with Crippen LogP contribution in [0.25, 0.3) is 0 Å². The van der Waals surface area contributed by atoms with Crippen molar-refractivity contribution in [2.45, 2.75) is 44.2 Å². The molecule has 1 saturated carbocycles. The second-order valence-corrected chi connectivity index (χ2v) is 6.95. The Morgan fingerprint density at radius 1 is 1.28 bits per heavy atom. The van der Waals surface area contributed by atoms with Gasteiger partial charge in [-0.05, 0) is 56.5 Å². The lowest BCUT2D eigenvalue weighted by Gasteiger charge is -2.34. The summed E-state index contributed by atoms with van der Waals surface area (Å²) in [5.41, 5.74) is 1.01. The Bertz CT molecular complexity index is 622. The number of hydrogen-bond acceptors (Lipinski definition) is 4. The first-order valence-corrected chi connectivity index (χ1v) is 9.07. The number of anilines is 1. The third-order valence-electron chi connectivity index (χ3n) is 5.34. The van der Waals surface area contributed by atoms with Gasteiger partial charge in [0.2, 0.25) is 5.91 Å². The fraction of sp³-hybridized carbons (Fsp3) is 0.579. The van der Waals surface area contributed by atoms with Gasteiger partial charge in [-0.15, -0.1) is 0 Å². The van der Waals surface area contributed by atoms with Crippen molar-refractivity contribution in [1.29, 1.82) is 0 Å². The van der Waals surface area contributed by atoms with Gasteiger partial charge in [0.25, 0.3) is 5.91 Å². The van der Waals surface area contributed by atoms with Crippen LogP contribution in [0.4, 0.5) is 5.69 Å². The molecule has 3 N–H and O–H groups in total. The quantitative estimate of drug-likeness (QED) is 0.735. The van der Waals surface area contributed by atoms with Crippen LogP contribution in [0.3, 0.4) is 0 Å². The Balaban J connectivity index is 1.56. The Morgan fingerprint density at radius 2 is 2.04 bits per heavy atom. The number of nitrogens with one attached hydrogen (secondary N) is 3. The van der Waals surface area contributed by atoms with Crippen LogP contribution >= 0.6 is 0 Å². The summed E-state index contributed by atoms with van der Waals surface area (Å²) in [6, 6.07) is 7.64. The highest BCUT2D eigenvalue weighted by atomic mass is 16.5. The summed E-state index contributed by atoms with van der Waals surface area (Å²) in [6.07, 6.45) is 4.45. The van der Waals surface area contributed by atoms with Gasteiger partial charge in [-0.1, -0.05) is 18.6 Å². The number of rotatable bonds is 6. The molecule has 2 amide bonds. The highest BCUT2D eigenvalue weighted by Gasteiger charge is 2.39. The summed E-state index contributed by atoms with van der Waals surface area (Å²) in [5, 5.41) is 9.20. The summed E-state index contributed by atoms with van der Waals surface area (Å²) in [6.45, 7) is 1.98. The van der Waals surface area contributed by atoms with E-state index in [1.807, 2.05) is 24.3 Å². The highest BCUT2D eigenvalue weighted by Crippen LogP contribution is 2.27. The van der Waals surface area contributed by atoms with Crippen LogP contribution in [0.1, 0.15) is 37.7 Å². The maximum Gasteiger partial charge on any atom is 0.252 e. The van der Waals surface area contributed by atoms with E-state index in [4.69, 9.17) is 4.74 Å². The standard InChI is InChI=1S/C19H27N3O3/c1-25-19(8-10-20-11-9-19)18(24)21-13-14-4-2-7-16(12-14)22-17(23)15-5-3-6-15/h2,4,7,12,15,20H,3,5-6,8-11,13H2,1H3,(H,21,24)(H,22,23). The molecular weight excluding hydrogens is 318 g/mol. The van der Waals surface area contributed by atoms with Crippen molar-refractivity contribution >= 4 is 17.5 Å². The van der Waals surface area contributed by atoms with Crippen molar-refractivity contribution in [1.82, 2.24) is 10.6 Å². The van der Waals surface area contributed by atoms with Gasteiger partial charge < -0.3 is 20.7 Å². The van der Waals surface area contributed by atoms with Crippen molar-refractivity contribution in [3.8, 4) is 0 Å². The Morgan fingerprint density at radius 3 is 2.68 bits per heavy atom. The molecule has 1 saturated heterocycles. The third kappa shape index (κ3) is 4.19. The van der Waals surface area contributed by atoms with Crippen LogP contribution in [0.2, 0.25) is 0 Å². The molecule has 0 radical (unpaired) electrons. The molecule has 136 valence electrons. The smallest absolute Gasteiger partial charge is 0.252 e. The van der Waals surface area contributed by atoms with E-state index in [9.17, 15) is 9.59 Å². The van der Waals surface area contributed by atoms with Crippen molar-refractivity contribution < 1.29 is 14.3 Å². The van der Waals surface area contributed by atoms with Gasteiger partial charge in [0.15, 0.2) is 0 Å². The van der Waals surface area contributed by atoms with E-state index in [1.54, 1.807) is 7.11 Å². The second kappa shape index (κ2) is 7.97. The maximum atomic E-state index is 12.6. The van der Waals surface area contributed by atoms with Crippen molar-refractivity contribution in [2.24, 2.45) is 5.92 Å². The predicted molar refractivity (Wildman–Crippen MR) is 96.1 cm³/mol. The summed E-state index contributed by atoms with van der Waals surface area (Å²) in [5.74, 6) is 0.186. The molecule has 0 spiro atoms. The molecule has 0 aromatic heterocycles. The molecule has 0 atom stereocenters. The lowest BCUT2D eigenvalue weighted by Crippen LogP contribution is -2.53. The zero-order valence-corrected chi connectivity index (χ0v) is 14.8. The molecule has 1 aromatic rings. The minimum Gasteiger partial charge on any atom is -0.368 e.